The molecule has 0 aliphatic rings. The Balaban J connectivity index is 2.29. The van der Waals surface area contributed by atoms with Crippen molar-refractivity contribution in [2.24, 2.45) is 0 Å². The second kappa shape index (κ2) is 6.92. The van der Waals surface area contributed by atoms with Crippen LogP contribution in [0.15, 0.2) is 18.3 Å². The molecule has 1 aromatic rings. The van der Waals surface area contributed by atoms with Crippen LogP contribution in [-0.2, 0) is 10.0 Å². The summed E-state index contributed by atoms with van der Waals surface area (Å²) in [6.45, 7) is 2.80. The van der Waals surface area contributed by atoms with Crippen LogP contribution in [0, 0.1) is 0 Å². The minimum Gasteiger partial charge on any atom is -0.370 e. The summed E-state index contributed by atoms with van der Waals surface area (Å²) in [5.74, 6) is 0.871. The highest BCUT2D eigenvalue weighted by atomic mass is 35.5. The van der Waals surface area contributed by atoms with Crippen molar-refractivity contribution in [1.29, 1.82) is 0 Å². The molecular weight excluding hydrogens is 274 g/mol. The summed E-state index contributed by atoms with van der Waals surface area (Å²) in [5, 5.41) is 3.70. The Morgan fingerprint density at radius 3 is 2.72 bits per heavy atom. The maximum Gasteiger partial charge on any atom is 0.213 e. The largest absolute Gasteiger partial charge is 0.370 e. The van der Waals surface area contributed by atoms with Gasteiger partial charge in [0.1, 0.15) is 5.82 Å². The van der Waals surface area contributed by atoms with E-state index in [1.54, 1.807) is 32.3 Å². The third-order valence-corrected chi connectivity index (χ3v) is 4.61. The Morgan fingerprint density at radius 1 is 1.44 bits per heavy atom. The molecular formula is C11H18ClN3O2S. The van der Waals surface area contributed by atoms with E-state index in [1.807, 2.05) is 0 Å². The smallest absolute Gasteiger partial charge is 0.213 e. The van der Waals surface area contributed by atoms with E-state index in [0.717, 1.165) is 12.2 Å². The Bertz CT molecular complexity index is 462. The molecule has 0 aliphatic carbocycles. The van der Waals surface area contributed by atoms with E-state index < -0.39 is 10.0 Å². The first-order chi connectivity index (χ1) is 8.45. The number of aromatic nitrogens is 1. The molecule has 0 spiro atoms. The molecule has 1 heterocycles. The zero-order valence-electron chi connectivity index (χ0n) is 10.6. The third-order valence-electron chi connectivity index (χ3n) is 2.52. The van der Waals surface area contributed by atoms with E-state index in [2.05, 4.69) is 10.3 Å². The van der Waals surface area contributed by atoms with Crippen molar-refractivity contribution >= 4 is 27.4 Å². The number of pyridine rings is 1. The van der Waals surface area contributed by atoms with Gasteiger partial charge in [0.25, 0.3) is 0 Å². The molecule has 0 radical (unpaired) electrons. The van der Waals surface area contributed by atoms with Gasteiger partial charge in [-0.25, -0.2) is 17.7 Å². The Kier molecular flexibility index (Phi) is 5.84. The summed E-state index contributed by atoms with van der Waals surface area (Å²) in [5.41, 5.74) is 0. The van der Waals surface area contributed by atoms with Crippen LogP contribution in [0.4, 0.5) is 5.82 Å². The van der Waals surface area contributed by atoms with Gasteiger partial charge in [-0.15, -0.1) is 0 Å². The molecule has 1 aromatic heterocycles. The van der Waals surface area contributed by atoms with Gasteiger partial charge >= 0.3 is 0 Å². The number of halogens is 1. The molecule has 1 N–H and O–H groups in total. The van der Waals surface area contributed by atoms with Gasteiger partial charge in [-0.3, -0.25) is 0 Å². The minimum absolute atomic E-state index is 0.135. The molecule has 0 bridgehead atoms. The van der Waals surface area contributed by atoms with Crippen LogP contribution in [0.3, 0.4) is 0 Å². The van der Waals surface area contributed by atoms with Crippen LogP contribution in [0.1, 0.15) is 13.3 Å². The normalized spacial score (nSPS) is 11.8. The number of nitrogens with one attached hydrogen (secondary N) is 1. The van der Waals surface area contributed by atoms with Crippen LogP contribution in [0.25, 0.3) is 0 Å². The number of rotatable bonds is 7. The van der Waals surface area contributed by atoms with E-state index in [9.17, 15) is 8.42 Å². The number of hydrogen-bond acceptors (Lipinski definition) is 4. The quantitative estimate of drug-likeness (QED) is 0.779. The maximum absolute atomic E-state index is 11.5. The highest BCUT2D eigenvalue weighted by Crippen LogP contribution is 2.09. The number of sulfonamides is 1. The van der Waals surface area contributed by atoms with Crippen LogP contribution in [-0.4, -0.2) is 43.6 Å². The lowest BCUT2D eigenvalue weighted by molar-refractivity contribution is 0.466. The zero-order chi connectivity index (χ0) is 13.6. The van der Waals surface area contributed by atoms with E-state index in [-0.39, 0.29) is 5.75 Å². The van der Waals surface area contributed by atoms with Gasteiger partial charge < -0.3 is 5.32 Å². The molecule has 0 saturated heterocycles. The molecule has 5 nitrogen and oxygen atoms in total. The molecule has 0 amide bonds. The number of hydrogen-bond donors (Lipinski definition) is 1. The van der Waals surface area contributed by atoms with Crippen LogP contribution in [0.2, 0.25) is 5.02 Å². The third kappa shape index (κ3) is 4.80. The van der Waals surface area contributed by atoms with Gasteiger partial charge in [-0.2, -0.15) is 0 Å². The van der Waals surface area contributed by atoms with Crippen LogP contribution < -0.4 is 5.32 Å². The molecule has 0 fully saturated rings. The molecule has 0 atom stereocenters. The van der Waals surface area contributed by atoms with Gasteiger partial charge in [0.2, 0.25) is 10.0 Å². The SMILES string of the molecule is CCS(=O)(=O)N(C)CCCNc1ccc(Cl)cn1. The van der Waals surface area contributed by atoms with Gasteiger partial charge in [0, 0.05) is 26.3 Å². The number of anilines is 1. The predicted molar refractivity (Wildman–Crippen MR) is 74.4 cm³/mol. The van der Waals surface area contributed by atoms with Crippen LogP contribution >= 0.6 is 11.6 Å². The Labute approximate surface area is 113 Å². The van der Waals surface area contributed by atoms with Gasteiger partial charge in [0.05, 0.1) is 10.8 Å². The monoisotopic (exact) mass is 291 g/mol. The van der Waals surface area contributed by atoms with Crippen molar-refractivity contribution in [3.05, 3.63) is 23.4 Å². The second-order valence-corrected chi connectivity index (χ2v) is 6.67. The summed E-state index contributed by atoms with van der Waals surface area (Å²) in [6.07, 6.45) is 2.29. The minimum atomic E-state index is -3.08. The average molecular weight is 292 g/mol. The Morgan fingerprint density at radius 2 is 2.17 bits per heavy atom. The fourth-order valence-corrected chi connectivity index (χ4v) is 2.32. The van der Waals surface area contributed by atoms with Crippen molar-refractivity contribution in [2.45, 2.75) is 13.3 Å². The molecule has 0 aliphatic heterocycles. The predicted octanol–water partition coefficient (Wildman–Crippen LogP) is 1.82. The highest BCUT2D eigenvalue weighted by molar-refractivity contribution is 7.89. The van der Waals surface area contributed by atoms with Crippen molar-refractivity contribution in [2.75, 3.05) is 31.2 Å². The van der Waals surface area contributed by atoms with E-state index in [4.69, 9.17) is 11.6 Å². The molecule has 0 unspecified atom stereocenters. The lowest BCUT2D eigenvalue weighted by Crippen LogP contribution is -2.30. The summed E-state index contributed by atoms with van der Waals surface area (Å²) in [7, 11) is -1.48. The number of nitrogens with zero attached hydrogens (tertiary/aromatic N) is 2. The van der Waals surface area contributed by atoms with E-state index in [0.29, 0.717) is 18.1 Å². The van der Waals surface area contributed by atoms with Crippen molar-refractivity contribution in [3.8, 4) is 0 Å². The first-order valence-corrected chi connectivity index (χ1v) is 7.74. The summed E-state index contributed by atoms with van der Waals surface area (Å²) >= 11 is 5.72. The average Bonchev–Trinajstić information content (AvgIpc) is 2.36. The first kappa shape index (κ1) is 15.2. The molecule has 0 aromatic carbocycles. The molecule has 0 saturated carbocycles. The fourth-order valence-electron chi connectivity index (χ4n) is 1.36. The maximum atomic E-state index is 11.5. The summed E-state index contributed by atoms with van der Waals surface area (Å²) in [4.78, 5) is 4.08. The first-order valence-electron chi connectivity index (χ1n) is 5.75. The van der Waals surface area contributed by atoms with Crippen LogP contribution in [0.5, 0.6) is 0 Å². The standard InChI is InChI=1S/C11H18ClN3O2S/c1-3-18(16,17)15(2)8-4-7-13-11-6-5-10(12)9-14-11/h5-6,9H,3-4,7-8H2,1-2H3,(H,13,14). The Hall–Kier alpha value is -0.850. The lowest BCUT2D eigenvalue weighted by Gasteiger charge is -2.15. The van der Waals surface area contributed by atoms with Crippen molar-refractivity contribution < 1.29 is 8.42 Å². The van der Waals surface area contributed by atoms with Crippen molar-refractivity contribution in [1.82, 2.24) is 9.29 Å². The fraction of sp³-hybridized carbons (Fsp3) is 0.545. The van der Waals surface area contributed by atoms with E-state index >= 15 is 0 Å². The summed E-state index contributed by atoms with van der Waals surface area (Å²) in [6, 6.07) is 3.54. The molecule has 102 valence electrons. The van der Waals surface area contributed by atoms with Gasteiger partial charge in [0.15, 0.2) is 0 Å². The topological polar surface area (TPSA) is 62.3 Å². The van der Waals surface area contributed by atoms with Crippen molar-refractivity contribution in [3.63, 3.8) is 0 Å². The van der Waals surface area contributed by atoms with Gasteiger partial charge in [-0.05, 0) is 25.5 Å². The molecule has 1 rings (SSSR count). The lowest BCUT2D eigenvalue weighted by atomic mass is 10.4. The van der Waals surface area contributed by atoms with Gasteiger partial charge in [-0.1, -0.05) is 11.6 Å². The second-order valence-electron chi connectivity index (χ2n) is 3.86. The highest BCUT2D eigenvalue weighted by Gasteiger charge is 2.13. The molecule has 18 heavy (non-hydrogen) atoms. The summed E-state index contributed by atoms with van der Waals surface area (Å²) < 4.78 is 24.3. The van der Waals surface area contributed by atoms with E-state index in [1.165, 1.54) is 4.31 Å². The zero-order valence-corrected chi connectivity index (χ0v) is 12.1. The molecule has 7 heteroatoms.